The van der Waals surface area contributed by atoms with E-state index < -0.39 is 0 Å². The average molecular weight is 342 g/mol. The van der Waals surface area contributed by atoms with Crippen molar-refractivity contribution in [1.29, 1.82) is 0 Å². The van der Waals surface area contributed by atoms with Crippen molar-refractivity contribution in [2.45, 2.75) is 44.7 Å². The van der Waals surface area contributed by atoms with Gasteiger partial charge in [0.05, 0.1) is 11.9 Å². The third-order valence-corrected chi connectivity index (χ3v) is 6.49. The Bertz CT molecular complexity index is 660. The lowest BCUT2D eigenvalue weighted by Crippen LogP contribution is -2.40. The van der Waals surface area contributed by atoms with E-state index in [0.29, 0.717) is 15.7 Å². The zero-order valence-electron chi connectivity index (χ0n) is 12.8. The summed E-state index contributed by atoms with van der Waals surface area (Å²) in [6.45, 7) is 11.8. The van der Waals surface area contributed by atoms with Gasteiger partial charge in [0.15, 0.2) is 0 Å². The molecule has 2 atom stereocenters. The Kier molecular flexibility index (Phi) is 4.46. The van der Waals surface area contributed by atoms with E-state index in [1.165, 1.54) is 10.4 Å². The number of thiophene rings is 1. The summed E-state index contributed by atoms with van der Waals surface area (Å²) >= 11 is 10.2. The van der Waals surface area contributed by atoms with Gasteiger partial charge in [-0.15, -0.1) is 11.3 Å². The van der Waals surface area contributed by atoms with Crippen molar-refractivity contribution in [3.8, 4) is 0 Å². The van der Waals surface area contributed by atoms with E-state index in [1.807, 2.05) is 0 Å². The Morgan fingerprint density at radius 2 is 1.86 bits per heavy atom. The van der Waals surface area contributed by atoms with E-state index in [4.69, 9.17) is 16.6 Å². The van der Waals surface area contributed by atoms with Crippen molar-refractivity contribution in [2.75, 3.05) is 13.1 Å². The van der Waals surface area contributed by atoms with E-state index in [0.717, 1.165) is 35.7 Å². The number of aryl methyl sites for hydroxylation is 2. The molecule has 1 saturated heterocycles. The molecule has 6 heteroatoms. The Morgan fingerprint density at radius 3 is 2.52 bits per heavy atom. The molecule has 0 amide bonds. The number of halogens is 1. The van der Waals surface area contributed by atoms with Crippen molar-refractivity contribution < 1.29 is 0 Å². The van der Waals surface area contributed by atoms with Gasteiger partial charge in [0.2, 0.25) is 0 Å². The first-order chi connectivity index (χ1) is 9.94. The maximum Gasteiger partial charge on any atom is 0.145 e. The minimum absolute atomic E-state index is 0.601. The topological polar surface area (TPSA) is 29.0 Å². The van der Waals surface area contributed by atoms with Gasteiger partial charge in [-0.25, -0.2) is 9.97 Å². The van der Waals surface area contributed by atoms with E-state index >= 15 is 0 Å². The molecule has 3 rings (SSSR count). The molecule has 0 radical (unpaired) electrons. The molecule has 1 fully saturated rings. The van der Waals surface area contributed by atoms with Crippen molar-refractivity contribution in [3.63, 3.8) is 0 Å². The van der Waals surface area contributed by atoms with Crippen molar-refractivity contribution in [1.82, 2.24) is 14.9 Å². The molecular weight excluding hydrogens is 322 g/mol. The van der Waals surface area contributed by atoms with Crippen molar-refractivity contribution >= 4 is 44.9 Å². The van der Waals surface area contributed by atoms with Crippen LogP contribution in [0.4, 0.5) is 0 Å². The Hall–Kier alpha value is -0.360. The van der Waals surface area contributed by atoms with E-state index in [2.05, 4.69) is 49.3 Å². The van der Waals surface area contributed by atoms with Gasteiger partial charge in [-0.1, -0.05) is 25.4 Å². The van der Waals surface area contributed by atoms with Gasteiger partial charge in [-0.05, 0) is 19.4 Å². The second kappa shape index (κ2) is 6.03. The molecule has 2 aromatic rings. The zero-order valence-corrected chi connectivity index (χ0v) is 15.2. The van der Waals surface area contributed by atoms with Crippen LogP contribution in [0.25, 0.3) is 10.2 Å². The predicted molar refractivity (Wildman–Crippen MR) is 93.7 cm³/mol. The highest BCUT2D eigenvalue weighted by molar-refractivity contribution is 8.00. The minimum Gasteiger partial charge on any atom is -0.294 e. The summed E-state index contributed by atoms with van der Waals surface area (Å²) in [4.78, 5) is 14.0. The normalized spacial score (nSPS) is 23.9. The standard InChI is InChI=1S/C15H20ClN3S2/c1-8-5-19(6-9(2)20-8)7-12-17-14(16)13-10(3)11(4)21-15(13)18-12/h8-9H,5-7H2,1-4H3. The Balaban J connectivity index is 1.87. The van der Waals surface area contributed by atoms with Gasteiger partial charge in [0.25, 0.3) is 0 Å². The highest BCUT2D eigenvalue weighted by Crippen LogP contribution is 2.33. The highest BCUT2D eigenvalue weighted by Gasteiger charge is 2.23. The molecule has 0 bridgehead atoms. The fourth-order valence-corrected chi connectivity index (χ4v) is 5.75. The fourth-order valence-electron chi connectivity index (χ4n) is 2.93. The summed E-state index contributed by atoms with van der Waals surface area (Å²) in [6.07, 6.45) is 0. The van der Waals surface area contributed by atoms with Gasteiger partial charge in [-0.3, -0.25) is 4.90 Å². The summed E-state index contributed by atoms with van der Waals surface area (Å²) in [5.41, 5.74) is 1.21. The van der Waals surface area contributed by atoms with Crippen LogP contribution in [0.15, 0.2) is 0 Å². The second-order valence-electron chi connectivity index (χ2n) is 5.85. The number of nitrogens with zero attached hydrogens (tertiary/aromatic N) is 3. The van der Waals surface area contributed by atoms with Crippen LogP contribution in [0.3, 0.4) is 0 Å². The Morgan fingerprint density at radius 1 is 1.19 bits per heavy atom. The fraction of sp³-hybridized carbons (Fsp3) is 0.600. The molecule has 3 nitrogen and oxygen atoms in total. The van der Waals surface area contributed by atoms with Crippen molar-refractivity contribution in [3.05, 3.63) is 21.4 Å². The van der Waals surface area contributed by atoms with Gasteiger partial charge >= 0.3 is 0 Å². The zero-order chi connectivity index (χ0) is 15.1. The highest BCUT2D eigenvalue weighted by atomic mass is 35.5. The molecule has 0 aromatic carbocycles. The number of thioether (sulfide) groups is 1. The smallest absolute Gasteiger partial charge is 0.145 e. The molecule has 21 heavy (non-hydrogen) atoms. The quantitative estimate of drug-likeness (QED) is 0.762. The Labute approximate surface area is 139 Å². The second-order valence-corrected chi connectivity index (χ2v) is 9.29. The number of hydrogen-bond donors (Lipinski definition) is 0. The van der Waals surface area contributed by atoms with Crippen LogP contribution in [0, 0.1) is 13.8 Å². The number of hydrogen-bond acceptors (Lipinski definition) is 5. The maximum absolute atomic E-state index is 6.39. The van der Waals surface area contributed by atoms with Crippen LogP contribution >= 0.6 is 34.7 Å². The van der Waals surface area contributed by atoms with Gasteiger partial charge in [-0.2, -0.15) is 11.8 Å². The number of aromatic nitrogens is 2. The van der Waals surface area contributed by atoms with Crippen LogP contribution in [0.1, 0.15) is 30.1 Å². The molecule has 1 aliphatic rings. The van der Waals surface area contributed by atoms with Crippen LogP contribution in [0.2, 0.25) is 5.15 Å². The first-order valence-corrected chi connectivity index (χ1v) is 9.37. The maximum atomic E-state index is 6.39. The third-order valence-electron chi connectivity index (χ3n) is 3.89. The summed E-state index contributed by atoms with van der Waals surface area (Å²) in [5, 5.41) is 2.96. The number of rotatable bonds is 2. The van der Waals surface area contributed by atoms with Crippen LogP contribution in [0.5, 0.6) is 0 Å². The predicted octanol–water partition coefficient (Wildman–Crippen LogP) is 4.29. The molecule has 0 N–H and O–H groups in total. The van der Waals surface area contributed by atoms with Gasteiger partial charge in [0.1, 0.15) is 15.8 Å². The van der Waals surface area contributed by atoms with Gasteiger partial charge in [0, 0.05) is 28.5 Å². The van der Waals surface area contributed by atoms with E-state index in [1.54, 1.807) is 11.3 Å². The summed E-state index contributed by atoms with van der Waals surface area (Å²) < 4.78 is 0. The molecule has 2 unspecified atom stereocenters. The lowest BCUT2D eigenvalue weighted by atomic mass is 10.2. The lowest BCUT2D eigenvalue weighted by molar-refractivity contribution is 0.257. The average Bonchev–Trinajstić information content (AvgIpc) is 2.63. The van der Waals surface area contributed by atoms with Crippen LogP contribution < -0.4 is 0 Å². The first-order valence-electron chi connectivity index (χ1n) is 7.24. The molecule has 3 heterocycles. The summed E-state index contributed by atoms with van der Waals surface area (Å²) in [7, 11) is 0. The molecule has 1 aliphatic heterocycles. The van der Waals surface area contributed by atoms with Gasteiger partial charge < -0.3 is 0 Å². The summed E-state index contributed by atoms with van der Waals surface area (Å²) in [5.74, 6) is 0.847. The summed E-state index contributed by atoms with van der Waals surface area (Å²) in [6, 6.07) is 0. The third kappa shape index (κ3) is 3.21. The first kappa shape index (κ1) is 15.5. The molecule has 0 spiro atoms. The SMILES string of the molecule is Cc1sc2nc(CN3CC(C)SC(C)C3)nc(Cl)c2c1C. The van der Waals surface area contributed by atoms with E-state index in [9.17, 15) is 0 Å². The molecule has 2 aromatic heterocycles. The van der Waals surface area contributed by atoms with E-state index in [-0.39, 0.29) is 0 Å². The van der Waals surface area contributed by atoms with Crippen LogP contribution in [-0.4, -0.2) is 38.5 Å². The largest absolute Gasteiger partial charge is 0.294 e. The molecule has 0 saturated carbocycles. The monoisotopic (exact) mass is 341 g/mol. The molecule has 0 aliphatic carbocycles. The lowest BCUT2D eigenvalue weighted by Gasteiger charge is -2.34. The van der Waals surface area contributed by atoms with Crippen molar-refractivity contribution in [2.24, 2.45) is 0 Å². The molecule has 114 valence electrons. The number of fused-ring (bicyclic) bond motifs is 1. The molecular formula is C15H20ClN3S2. The van der Waals surface area contributed by atoms with Crippen LogP contribution in [-0.2, 0) is 6.54 Å². The minimum atomic E-state index is 0.601.